The zero-order valence-corrected chi connectivity index (χ0v) is 6.89. The Kier molecular flexibility index (Phi) is 1.80. The van der Waals surface area contributed by atoms with Gasteiger partial charge in [-0.3, -0.25) is 0 Å². The lowest BCUT2D eigenvalue weighted by molar-refractivity contribution is 0.253. The van der Waals surface area contributed by atoms with Gasteiger partial charge in [-0.2, -0.15) is 0 Å². The van der Waals surface area contributed by atoms with Crippen molar-refractivity contribution in [3.05, 3.63) is 0 Å². The van der Waals surface area contributed by atoms with E-state index in [-0.39, 0.29) is 0 Å². The van der Waals surface area contributed by atoms with Gasteiger partial charge >= 0.3 is 0 Å². The lowest BCUT2D eigenvalue weighted by atomic mass is 10.0. The van der Waals surface area contributed by atoms with Crippen LogP contribution in [0.15, 0.2) is 0 Å². The molecule has 0 aromatic heterocycles. The largest absolute Gasteiger partial charge is 0.301 e. The smallest absolute Gasteiger partial charge is 0.00929 e. The third-order valence-corrected chi connectivity index (χ3v) is 2.87. The predicted octanol–water partition coefficient (Wildman–Crippen LogP) is 1.74. The minimum atomic E-state index is 0.792. The Hall–Kier alpha value is -0.0400. The van der Waals surface area contributed by atoms with E-state index >= 15 is 0 Å². The first kappa shape index (κ1) is 7.07. The van der Waals surface area contributed by atoms with E-state index in [2.05, 4.69) is 32.7 Å². The number of likely N-dealkylation sites (tertiary alicyclic amines) is 1. The summed E-state index contributed by atoms with van der Waals surface area (Å²) in [6.07, 6.45) is 1.37. The molecule has 1 rings (SSSR count). The zero-order valence-electron chi connectivity index (χ0n) is 6.89. The summed E-state index contributed by atoms with van der Waals surface area (Å²) in [5.41, 5.74) is 0. The lowest BCUT2D eigenvalue weighted by Crippen LogP contribution is -2.29. The number of hydrogen-bond donors (Lipinski definition) is 0. The second-order valence-corrected chi connectivity index (χ2v) is 3.47. The predicted molar refractivity (Wildman–Crippen MR) is 40.5 cm³/mol. The van der Waals surface area contributed by atoms with Crippen LogP contribution in [-0.2, 0) is 0 Å². The van der Waals surface area contributed by atoms with Crippen LogP contribution in [-0.4, -0.2) is 24.0 Å². The van der Waals surface area contributed by atoms with Gasteiger partial charge in [-0.25, -0.2) is 0 Å². The molecular weight excluding hydrogens is 110 g/mol. The van der Waals surface area contributed by atoms with Crippen LogP contribution in [0.3, 0.4) is 0 Å². The van der Waals surface area contributed by atoms with Crippen molar-refractivity contribution >= 4 is 0 Å². The second kappa shape index (κ2) is 2.30. The molecule has 3 unspecified atom stereocenters. The van der Waals surface area contributed by atoms with Crippen LogP contribution in [0, 0.1) is 5.92 Å². The first-order valence-corrected chi connectivity index (χ1v) is 3.85. The highest BCUT2D eigenvalue weighted by Crippen LogP contribution is 2.26. The van der Waals surface area contributed by atoms with Crippen LogP contribution in [0.5, 0.6) is 0 Å². The Bertz CT molecular complexity index is 88.7. The average molecular weight is 127 g/mol. The lowest BCUT2D eigenvalue weighted by Gasteiger charge is -2.20. The fourth-order valence-electron chi connectivity index (χ4n) is 1.70. The van der Waals surface area contributed by atoms with E-state index in [1.807, 2.05) is 0 Å². The van der Waals surface area contributed by atoms with Gasteiger partial charge in [-0.05, 0) is 33.2 Å². The van der Waals surface area contributed by atoms with Crippen molar-refractivity contribution in [1.29, 1.82) is 0 Å². The Morgan fingerprint density at radius 3 is 1.89 bits per heavy atom. The molecule has 0 aromatic carbocycles. The van der Waals surface area contributed by atoms with Crippen molar-refractivity contribution in [2.45, 2.75) is 39.3 Å². The van der Waals surface area contributed by atoms with Crippen LogP contribution >= 0.6 is 0 Å². The third-order valence-electron chi connectivity index (χ3n) is 2.87. The molecule has 0 aromatic rings. The van der Waals surface area contributed by atoms with Crippen molar-refractivity contribution in [2.24, 2.45) is 5.92 Å². The molecule has 1 heteroatoms. The van der Waals surface area contributed by atoms with Crippen molar-refractivity contribution in [1.82, 2.24) is 4.90 Å². The molecule has 1 heterocycles. The molecule has 54 valence electrons. The fraction of sp³-hybridized carbons (Fsp3) is 1.00. The first-order chi connectivity index (χ1) is 4.13. The van der Waals surface area contributed by atoms with Gasteiger partial charge in [0.1, 0.15) is 0 Å². The highest BCUT2D eigenvalue weighted by atomic mass is 15.2. The van der Waals surface area contributed by atoms with Crippen LogP contribution in [0.1, 0.15) is 27.2 Å². The molecule has 0 N–H and O–H groups in total. The maximum atomic E-state index is 2.46. The second-order valence-electron chi connectivity index (χ2n) is 3.47. The standard InChI is InChI=1S/C8H17N/c1-6-5-7(2)9(4)8(6)3/h6-8H,5H2,1-4H3. The maximum Gasteiger partial charge on any atom is 0.00929 e. The molecule has 1 aliphatic rings. The molecule has 0 saturated carbocycles. The van der Waals surface area contributed by atoms with Crippen molar-refractivity contribution in [3.8, 4) is 0 Å². The Morgan fingerprint density at radius 2 is 1.78 bits per heavy atom. The van der Waals surface area contributed by atoms with Gasteiger partial charge in [0.2, 0.25) is 0 Å². The molecule has 1 nitrogen and oxygen atoms in total. The summed E-state index contributed by atoms with van der Waals surface area (Å²) in [6, 6.07) is 1.59. The maximum absolute atomic E-state index is 2.46. The summed E-state index contributed by atoms with van der Waals surface area (Å²) >= 11 is 0. The monoisotopic (exact) mass is 127 g/mol. The van der Waals surface area contributed by atoms with Crippen LogP contribution in [0.2, 0.25) is 0 Å². The third kappa shape index (κ3) is 1.11. The van der Waals surface area contributed by atoms with E-state index in [0.717, 1.165) is 18.0 Å². The SMILES string of the molecule is CC1CC(C)N(C)C1C. The number of rotatable bonds is 0. The van der Waals surface area contributed by atoms with E-state index in [9.17, 15) is 0 Å². The number of hydrogen-bond acceptors (Lipinski definition) is 1. The summed E-state index contributed by atoms with van der Waals surface area (Å²) < 4.78 is 0. The summed E-state index contributed by atoms with van der Waals surface area (Å²) in [6.45, 7) is 6.96. The Balaban J connectivity index is 2.54. The summed E-state index contributed by atoms with van der Waals surface area (Å²) in [4.78, 5) is 2.46. The quantitative estimate of drug-likeness (QED) is 0.479. The minimum absolute atomic E-state index is 0.792. The van der Waals surface area contributed by atoms with Crippen molar-refractivity contribution < 1.29 is 0 Å². The summed E-state index contributed by atoms with van der Waals surface area (Å²) in [5, 5.41) is 0. The van der Waals surface area contributed by atoms with Gasteiger partial charge < -0.3 is 4.90 Å². The molecule has 1 fully saturated rings. The van der Waals surface area contributed by atoms with Crippen molar-refractivity contribution in [3.63, 3.8) is 0 Å². The molecule has 0 amide bonds. The van der Waals surface area contributed by atoms with Crippen LogP contribution in [0.25, 0.3) is 0 Å². The van der Waals surface area contributed by atoms with Gasteiger partial charge in [0, 0.05) is 12.1 Å². The van der Waals surface area contributed by atoms with Crippen LogP contribution < -0.4 is 0 Å². The van der Waals surface area contributed by atoms with E-state index < -0.39 is 0 Å². The topological polar surface area (TPSA) is 3.24 Å². The molecule has 0 radical (unpaired) electrons. The van der Waals surface area contributed by atoms with Gasteiger partial charge in [-0.15, -0.1) is 0 Å². The molecule has 0 aliphatic carbocycles. The van der Waals surface area contributed by atoms with E-state index in [1.54, 1.807) is 0 Å². The molecular formula is C8H17N. The zero-order chi connectivity index (χ0) is 7.02. The average Bonchev–Trinajstić information content (AvgIpc) is 1.98. The first-order valence-electron chi connectivity index (χ1n) is 3.85. The molecule has 1 aliphatic heterocycles. The van der Waals surface area contributed by atoms with E-state index in [1.165, 1.54) is 6.42 Å². The molecule has 3 atom stereocenters. The van der Waals surface area contributed by atoms with E-state index in [4.69, 9.17) is 0 Å². The number of nitrogens with zero attached hydrogens (tertiary/aromatic N) is 1. The normalized spacial score (nSPS) is 46.0. The molecule has 1 saturated heterocycles. The minimum Gasteiger partial charge on any atom is -0.301 e. The molecule has 9 heavy (non-hydrogen) atoms. The summed E-state index contributed by atoms with van der Waals surface area (Å²) in [5.74, 6) is 0.894. The molecule has 0 spiro atoms. The highest BCUT2D eigenvalue weighted by molar-refractivity contribution is 4.84. The van der Waals surface area contributed by atoms with E-state index in [0.29, 0.717) is 0 Å². The van der Waals surface area contributed by atoms with Gasteiger partial charge in [-0.1, -0.05) is 6.92 Å². The van der Waals surface area contributed by atoms with Crippen LogP contribution in [0.4, 0.5) is 0 Å². The van der Waals surface area contributed by atoms with Gasteiger partial charge in [0.15, 0.2) is 0 Å². The van der Waals surface area contributed by atoms with Gasteiger partial charge in [0.25, 0.3) is 0 Å². The highest BCUT2D eigenvalue weighted by Gasteiger charge is 2.29. The molecule has 0 bridgehead atoms. The van der Waals surface area contributed by atoms with Gasteiger partial charge in [0.05, 0.1) is 0 Å². The fourth-order valence-corrected chi connectivity index (χ4v) is 1.70. The van der Waals surface area contributed by atoms with Crippen molar-refractivity contribution in [2.75, 3.05) is 7.05 Å². The Labute approximate surface area is 58.0 Å². The summed E-state index contributed by atoms with van der Waals surface area (Å²) in [7, 11) is 2.22. The Morgan fingerprint density at radius 1 is 1.22 bits per heavy atom.